The molecule has 2 aromatic carbocycles. The Morgan fingerprint density at radius 3 is 2.38 bits per heavy atom. The first-order chi connectivity index (χ1) is 17.7. The van der Waals surface area contributed by atoms with Gasteiger partial charge >= 0.3 is 0 Å². The zero-order valence-electron chi connectivity index (χ0n) is 20.0. The minimum atomic E-state index is -3.63. The summed E-state index contributed by atoms with van der Waals surface area (Å²) in [5.41, 5.74) is 1.22. The molecule has 1 unspecified atom stereocenters. The van der Waals surface area contributed by atoms with Crippen LogP contribution in [0.4, 0.5) is 5.82 Å². The van der Waals surface area contributed by atoms with Crippen molar-refractivity contribution in [3.05, 3.63) is 85.9 Å². The molecular formula is C26H22ClN3O6S. The van der Waals surface area contributed by atoms with Crippen LogP contribution in [0.15, 0.2) is 61.1 Å². The largest absolute Gasteiger partial charge is 0.450 e. The topological polar surface area (TPSA) is 114 Å². The first-order valence-corrected chi connectivity index (χ1v) is 13.6. The van der Waals surface area contributed by atoms with Crippen LogP contribution in [0.25, 0.3) is 11.0 Å². The van der Waals surface area contributed by atoms with Gasteiger partial charge in [0.25, 0.3) is 5.91 Å². The molecule has 2 aliphatic rings. The lowest BCUT2D eigenvalue weighted by Gasteiger charge is -2.23. The average molecular weight is 540 g/mol. The van der Waals surface area contributed by atoms with Crippen LogP contribution in [0.2, 0.25) is 5.02 Å². The molecule has 1 fully saturated rings. The monoisotopic (exact) mass is 539 g/mol. The maximum absolute atomic E-state index is 13.8. The SMILES string of the molecule is Cc1cc(N2C(=O)c3oc4cc(C)c(Cl)cc4c(=O)c3C2c2ccc(S(=O)(=O)N3CCCC3)cc2)no1. The number of hydrogen-bond acceptors (Lipinski definition) is 7. The number of aryl methyl sites for hydroxylation is 2. The number of benzene rings is 2. The first kappa shape index (κ1) is 23.9. The molecule has 6 rings (SSSR count). The number of nitrogens with zero attached hydrogens (tertiary/aromatic N) is 3. The van der Waals surface area contributed by atoms with Crippen molar-refractivity contribution >= 4 is 44.3 Å². The van der Waals surface area contributed by atoms with E-state index in [2.05, 4.69) is 5.16 Å². The molecule has 0 radical (unpaired) electrons. The number of hydrogen-bond donors (Lipinski definition) is 0. The first-order valence-electron chi connectivity index (χ1n) is 11.8. The van der Waals surface area contributed by atoms with E-state index in [1.54, 1.807) is 38.1 Å². The molecule has 0 aliphatic carbocycles. The number of sulfonamides is 1. The summed E-state index contributed by atoms with van der Waals surface area (Å²) in [7, 11) is -3.63. The zero-order valence-corrected chi connectivity index (χ0v) is 21.6. The van der Waals surface area contributed by atoms with Crippen LogP contribution in [0, 0.1) is 13.8 Å². The summed E-state index contributed by atoms with van der Waals surface area (Å²) >= 11 is 6.29. The van der Waals surface area contributed by atoms with E-state index in [0.29, 0.717) is 35.0 Å². The standard InChI is InChI=1S/C26H22ClN3O6S/c1-14-11-20-18(13-19(14)27)24(31)22-23(30(26(32)25(22)35-20)21-12-15(2)36-28-21)16-5-7-17(8-6-16)37(33,34)29-9-3-4-10-29/h5-8,11-13,23H,3-4,9-10H2,1-2H3. The number of halogens is 1. The molecule has 2 aromatic heterocycles. The third-order valence-corrected chi connectivity index (χ3v) is 9.23. The van der Waals surface area contributed by atoms with Crippen molar-refractivity contribution in [3.63, 3.8) is 0 Å². The Hall–Kier alpha value is -3.47. The van der Waals surface area contributed by atoms with Crippen LogP contribution >= 0.6 is 11.6 Å². The molecule has 37 heavy (non-hydrogen) atoms. The van der Waals surface area contributed by atoms with E-state index in [1.807, 2.05) is 0 Å². The lowest BCUT2D eigenvalue weighted by molar-refractivity contribution is 0.0969. The summed E-state index contributed by atoms with van der Waals surface area (Å²) in [5.74, 6) is 0.0501. The fraction of sp³-hybridized carbons (Fsp3) is 0.269. The predicted octanol–water partition coefficient (Wildman–Crippen LogP) is 4.59. The second kappa shape index (κ2) is 8.54. The molecule has 4 heterocycles. The Balaban J connectivity index is 1.53. The average Bonchev–Trinajstić information content (AvgIpc) is 3.61. The van der Waals surface area contributed by atoms with Crippen LogP contribution in [-0.2, 0) is 10.0 Å². The third-order valence-electron chi connectivity index (χ3n) is 6.91. The van der Waals surface area contributed by atoms with E-state index in [-0.39, 0.29) is 33.0 Å². The number of aromatic nitrogens is 1. The Kier molecular flexibility index (Phi) is 5.52. The number of anilines is 1. The number of rotatable bonds is 4. The van der Waals surface area contributed by atoms with Crippen molar-refractivity contribution in [2.45, 2.75) is 37.6 Å². The van der Waals surface area contributed by atoms with Crippen molar-refractivity contribution in [1.82, 2.24) is 9.46 Å². The molecule has 0 bridgehead atoms. The summed E-state index contributed by atoms with van der Waals surface area (Å²) in [6.45, 7) is 4.45. The molecule has 190 valence electrons. The molecule has 0 N–H and O–H groups in total. The molecule has 1 amide bonds. The van der Waals surface area contributed by atoms with Crippen LogP contribution in [0.1, 0.15) is 51.9 Å². The summed E-state index contributed by atoms with van der Waals surface area (Å²) in [6.07, 6.45) is 1.66. The van der Waals surface area contributed by atoms with E-state index >= 15 is 0 Å². The fourth-order valence-electron chi connectivity index (χ4n) is 5.01. The van der Waals surface area contributed by atoms with E-state index in [4.69, 9.17) is 20.5 Å². The number of carbonyl (C=O) groups is 1. The molecule has 2 aliphatic heterocycles. The van der Waals surface area contributed by atoms with E-state index < -0.39 is 27.4 Å². The second-order valence-electron chi connectivity index (χ2n) is 9.33. The minimum absolute atomic E-state index is 0.0985. The highest BCUT2D eigenvalue weighted by molar-refractivity contribution is 7.89. The van der Waals surface area contributed by atoms with Gasteiger partial charge in [-0.05, 0) is 62.1 Å². The van der Waals surface area contributed by atoms with E-state index in [0.717, 1.165) is 12.8 Å². The van der Waals surface area contributed by atoms with Crippen molar-refractivity contribution in [2.75, 3.05) is 18.0 Å². The Morgan fingerprint density at radius 2 is 1.73 bits per heavy atom. The zero-order chi connectivity index (χ0) is 26.1. The van der Waals surface area contributed by atoms with Gasteiger partial charge < -0.3 is 8.94 Å². The number of carbonyl (C=O) groups excluding carboxylic acids is 1. The summed E-state index contributed by atoms with van der Waals surface area (Å²) in [4.78, 5) is 28.9. The maximum Gasteiger partial charge on any atom is 0.296 e. The molecule has 4 aromatic rings. The van der Waals surface area contributed by atoms with Crippen molar-refractivity contribution in [3.8, 4) is 0 Å². The van der Waals surface area contributed by atoms with Crippen molar-refractivity contribution in [2.24, 2.45) is 0 Å². The van der Waals surface area contributed by atoms with Crippen LogP contribution in [0.5, 0.6) is 0 Å². The van der Waals surface area contributed by atoms with Gasteiger partial charge in [0.2, 0.25) is 15.8 Å². The lowest BCUT2D eigenvalue weighted by atomic mass is 9.98. The predicted molar refractivity (Wildman–Crippen MR) is 137 cm³/mol. The number of fused-ring (bicyclic) bond motifs is 2. The smallest absolute Gasteiger partial charge is 0.296 e. The van der Waals surface area contributed by atoms with Crippen LogP contribution < -0.4 is 10.3 Å². The minimum Gasteiger partial charge on any atom is -0.450 e. The fourth-order valence-corrected chi connectivity index (χ4v) is 6.69. The van der Waals surface area contributed by atoms with Gasteiger partial charge in [0.05, 0.1) is 21.9 Å². The van der Waals surface area contributed by atoms with Crippen molar-refractivity contribution < 1.29 is 22.2 Å². The number of amides is 1. The summed E-state index contributed by atoms with van der Waals surface area (Å²) in [5, 5.41) is 4.66. The molecule has 0 spiro atoms. The van der Waals surface area contributed by atoms with Gasteiger partial charge in [-0.25, -0.2) is 8.42 Å². The summed E-state index contributed by atoms with van der Waals surface area (Å²) in [6, 6.07) is 10.1. The Labute approximate surface area is 217 Å². The highest BCUT2D eigenvalue weighted by atomic mass is 35.5. The third kappa shape index (κ3) is 3.70. The molecule has 9 nitrogen and oxygen atoms in total. The Bertz CT molecular complexity index is 1740. The molecule has 1 saturated heterocycles. The van der Waals surface area contributed by atoms with Gasteiger partial charge in [-0.1, -0.05) is 28.9 Å². The second-order valence-corrected chi connectivity index (χ2v) is 11.7. The van der Waals surface area contributed by atoms with Gasteiger partial charge in [0.15, 0.2) is 11.2 Å². The normalized spacial score (nSPS) is 18.2. The molecular weight excluding hydrogens is 518 g/mol. The van der Waals surface area contributed by atoms with E-state index in [9.17, 15) is 18.0 Å². The van der Waals surface area contributed by atoms with Gasteiger partial charge in [0.1, 0.15) is 11.3 Å². The van der Waals surface area contributed by atoms with Gasteiger partial charge in [0, 0.05) is 24.2 Å². The van der Waals surface area contributed by atoms with Gasteiger partial charge in [-0.2, -0.15) is 4.31 Å². The quantitative estimate of drug-likeness (QED) is 0.372. The highest BCUT2D eigenvalue weighted by Crippen LogP contribution is 2.41. The summed E-state index contributed by atoms with van der Waals surface area (Å²) < 4.78 is 38.7. The lowest BCUT2D eigenvalue weighted by Crippen LogP contribution is -2.30. The van der Waals surface area contributed by atoms with Crippen LogP contribution in [-0.4, -0.2) is 36.9 Å². The highest BCUT2D eigenvalue weighted by Gasteiger charge is 2.45. The van der Waals surface area contributed by atoms with Gasteiger partial charge in [-0.3, -0.25) is 14.5 Å². The van der Waals surface area contributed by atoms with E-state index in [1.165, 1.54) is 27.4 Å². The molecule has 11 heteroatoms. The molecule has 0 saturated carbocycles. The maximum atomic E-state index is 13.8. The van der Waals surface area contributed by atoms with Gasteiger partial charge in [-0.15, -0.1) is 0 Å². The Morgan fingerprint density at radius 1 is 1.03 bits per heavy atom. The van der Waals surface area contributed by atoms with Crippen molar-refractivity contribution in [1.29, 1.82) is 0 Å². The molecule has 1 atom stereocenters. The van der Waals surface area contributed by atoms with Crippen LogP contribution in [0.3, 0.4) is 0 Å².